The number of anilines is 1. The Balaban J connectivity index is 1.49. The van der Waals surface area contributed by atoms with E-state index in [9.17, 15) is 13.6 Å². The molecule has 0 aliphatic carbocycles. The van der Waals surface area contributed by atoms with Gasteiger partial charge in [-0.25, -0.2) is 18.7 Å². The van der Waals surface area contributed by atoms with Crippen LogP contribution in [0.4, 0.5) is 14.7 Å². The molecule has 1 aromatic heterocycles. The molecule has 0 unspecified atom stereocenters. The zero-order valence-corrected chi connectivity index (χ0v) is 12.9. The highest BCUT2D eigenvalue weighted by molar-refractivity contribution is 5.78. The number of carbonyl (C=O) groups excluding carboxylic acids is 1. The van der Waals surface area contributed by atoms with E-state index in [2.05, 4.69) is 9.97 Å². The summed E-state index contributed by atoms with van der Waals surface area (Å²) in [4.78, 5) is 24.2. The lowest BCUT2D eigenvalue weighted by atomic mass is 10.3. The average Bonchev–Trinajstić information content (AvgIpc) is 2.63. The van der Waals surface area contributed by atoms with Gasteiger partial charge >= 0.3 is 0 Å². The molecule has 126 valence electrons. The number of benzene rings is 1. The van der Waals surface area contributed by atoms with Gasteiger partial charge in [-0.2, -0.15) is 0 Å². The molecule has 0 spiro atoms. The Bertz CT molecular complexity index is 706. The summed E-state index contributed by atoms with van der Waals surface area (Å²) in [5.74, 6) is -1.39. The van der Waals surface area contributed by atoms with Gasteiger partial charge in [0.05, 0.1) is 0 Å². The maximum absolute atomic E-state index is 13.1. The number of ether oxygens (including phenoxy) is 1. The second-order valence-corrected chi connectivity index (χ2v) is 5.28. The van der Waals surface area contributed by atoms with Crippen molar-refractivity contribution in [2.45, 2.75) is 0 Å². The molecule has 0 atom stereocenters. The third-order valence-corrected chi connectivity index (χ3v) is 3.72. The number of rotatable bonds is 4. The largest absolute Gasteiger partial charge is 0.484 e. The lowest BCUT2D eigenvalue weighted by Gasteiger charge is -2.34. The number of piperazine rings is 1. The topological polar surface area (TPSA) is 58.6 Å². The van der Waals surface area contributed by atoms with Crippen molar-refractivity contribution in [3.8, 4) is 5.75 Å². The fraction of sp³-hybridized carbons (Fsp3) is 0.312. The molecule has 6 nitrogen and oxygen atoms in total. The number of hydrogen-bond acceptors (Lipinski definition) is 5. The molecule has 8 heteroatoms. The molecule has 0 bridgehead atoms. The van der Waals surface area contributed by atoms with Crippen LogP contribution in [0.2, 0.25) is 0 Å². The zero-order chi connectivity index (χ0) is 16.9. The molecule has 0 saturated carbocycles. The maximum Gasteiger partial charge on any atom is 0.260 e. The van der Waals surface area contributed by atoms with E-state index < -0.39 is 11.6 Å². The fourth-order valence-corrected chi connectivity index (χ4v) is 2.41. The molecule has 1 aromatic carbocycles. The summed E-state index contributed by atoms with van der Waals surface area (Å²) in [5.41, 5.74) is 0. The highest BCUT2D eigenvalue weighted by Crippen LogP contribution is 2.16. The van der Waals surface area contributed by atoms with Gasteiger partial charge in [0.1, 0.15) is 5.75 Å². The molecular formula is C16H16F2N4O2. The number of nitrogens with zero attached hydrogens (tertiary/aromatic N) is 4. The zero-order valence-electron chi connectivity index (χ0n) is 12.9. The second kappa shape index (κ2) is 7.20. The molecule has 2 heterocycles. The molecule has 24 heavy (non-hydrogen) atoms. The van der Waals surface area contributed by atoms with E-state index in [0.717, 1.165) is 12.1 Å². The Labute approximate surface area is 137 Å². The van der Waals surface area contributed by atoms with Gasteiger partial charge in [-0.1, -0.05) is 0 Å². The predicted octanol–water partition coefficient (Wildman–Crippen LogP) is 1.48. The highest BCUT2D eigenvalue weighted by atomic mass is 19.2. The molecular weight excluding hydrogens is 318 g/mol. The van der Waals surface area contributed by atoms with E-state index in [1.165, 1.54) is 6.07 Å². The van der Waals surface area contributed by atoms with Gasteiger partial charge in [-0.15, -0.1) is 0 Å². The summed E-state index contributed by atoms with van der Waals surface area (Å²) >= 11 is 0. The van der Waals surface area contributed by atoms with E-state index in [0.29, 0.717) is 32.1 Å². The molecule has 0 radical (unpaired) electrons. The van der Waals surface area contributed by atoms with Gasteiger partial charge in [0.2, 0.25) is 5.95 Å². The van der Waals surface area contributed by atoms with Crippen LogP contribution in [0.25, 0.3) is 0 Å². The Hall–Kier alpha value is -2.77. The van der Waals surface area contributed by atoms with Gasteiger partial charge in [-0.05, 0) is 18.2 Å². The molecule has 1 aliphatic rings. The second-order valence-electron chi connectivity index (χ2n) is 5.28. The minimum Gasteiger partial charge on any atom is -0.484 e. The van der Waals surface area contributed by atoms with Gasteiger partial charge in [0, 0.05) is 44.6 Å². The first kappa shape index (κ1) is 16.1. The monoisotopic (exact) mass is 334 g/mol. The van der Waals surface area contributed by atoms with Crippen molar-refractivity contribution in [2.75, 3.05) is 37.7 Å². The molecule has 2 aromatic rings. The van der Waals surface area contributed by atoms with Crippen LogP contribution >= 0.6 is 0 Å². The van der Waals surface area contributed by atoms with Crippen molar-refractivity contribution in [1.82, 2.24) is 14.9 Å². The first-order valence-electron chi connectivity index (χ1n) is 7.51. The van der Waals surface area contributed by atoms with Crippen molar-refractivity contribution in [2.24, 2.45) is 0 Å². The molecule has 1 fully saturated rings. The van der Waals surface area contributed by atoms with Crippen molar-refractivity contribution < 1.29 is 18.3 Å². The van der Waals surface area contributed by atoms with Crippen LogP contribution < -0.4 is 9.64 Å². The third kappa shape index (κ3) is 3.76. The summed E-state index contributed by atoms with van der Waals surface area (Å²) in [6.45, 7) is 2.09. The molecule has 1 saturated heterocycles. The fourth-order valence-electron chi connectivity index (χ4n) is 2.41. The number of amides is 1. The molecule has 1 aliphatic heterocycles. The molecule has 3 rings (SSSR count). The first-order valence-corrected chi connectivity index (χ1v) is 7.51. The number of carbonyl (C=O) groups is 1. The summed E-state index contributed by atoms with van der Waals surface area (Å²) < 4.78 is 31.2. The van der Waals surface area contributed by atoms with E-state index in [1.54, 1.807) is 23.4 Å². The Morgan fingerprint density at radius 1 is 1.08 bits per heavy atom. The van der Waals surface area contributed by atoms with Gasteiger partial charge in [0.15, 0.2) is 18.2 Å². The SMILES string of the molecule is O=C(COc1ccc(F)c(F)c1)N1CCN(c2ncccn2)CC1. The number of aromatic nitrogens is 2. The van der Waals surface area contributed by atoms with Gasteiger partial charge < -0.3 is 14.5 Å². The Morgan fingerprint density at radius 3 is 2.46 bits per heavy atom. The summed E-state index contributed by atoms with van der Waals surface area (Å²) in [6.07, 6.45) is 3.35. The van der Waals surface area contributed by atoms with Crippen molar-refractivity contribution >= 4 is 11.9 Å². The summed E-state index contributed by atoms with van der Waals surface area (Å²) in [5, 5.41) is 0. The quantitative estimate of drug-likeness (QED) is 0.848. The van der Waals surface area contributed by atoms with Crippen LogP contribution in [0.3, 0.4) is 0 Å². The summed E-state index contributed by atoms with van der Waals surface area (Å²) in [6, 6.07) is 4.93. The minimum atomic E-state index is -1.00. The van der Waals surface area contributed by atoms with E-state index >= 15 is 0 Å². The van der Waals surface area contributed by atoms with Crippen LogP contribution in [0.15, 0.2) is 36.7 Å². The smallest absolute Gasteiger partial charge is 0.260 e. The predicted molar refractivity (Wildman–Crippen MR) is 82.7 cm³/mol. The van der Waals surface area contributed by atoms with Crippen molar-refractivity contribution in [3.63, 3.8) is 0 Å². The lowest BCUT2D eigenvalue weighted by molar-refractivity contribution is -0.133. The van der Waals surface area contributed by atoms with Crippen LogP contribution in [-0.2, 0) is 4.79 Å². The highest BCUT2D eigenvalue weighted by Gasteiger charge is 2.22. The van der Waals surface area contributed by atoms with Crippen molar-refractivity contribution in [1.29, 1.82) is 0 Å². The van der Waals surface area contributed by atoms with Crippen molar-refractivity contribution in [3.05, 3.63) is 48.3 Å². The first-order chi connectivity index (χ1) is 11.6. The minimum absolute atomic E-state index is 0.124. The van der Waals surface area contributed by atoms with Crippen LogP contribution in [0, 0.1) is 11.6 Å². The summed E-state index contributed by atoms with van der Waals surface area (Å²) in [7, 11) is 0. The van der Waals surface area contributed by atoms with Crippen LogP contribution in [0.5, 0.6) is 5.75 Å². The maximum atomic E-state index is 13.1. The van der Waals surface area contributed by atoms with E-state index in [-0.39, 0.29) is 18.3 Å². The Kier molecular flexibility index (Phi) is 4.83. The third-order valence-electron chi connectivity index (χ3n) is 3.72. The van der Waals surface area contributed by atoms with E-state index in [1.807, 2.05) is 4.90 Å². The van der Waals surface area contributed by atoms with Crippen LogP contribution in [-0.4, -0.2) is 53.6 Å². The Morgan fingerprint density at radius 2 is 1.79 bits per heavy atom. The number of halogens is 2. The lowest BCUT2D eigenvalue weighted by Crippen LogP contribution is -2.50. The van der Waals surface area contributed by atoms with Gasteiger partial charge in [-0.3, -0.25) is 4.79 Å². The normalized spacial score (nSPS) is 14.6. The van der Waals surface area contributed by atoms with Gasteiger partial charge in [0.25, 0.3) is 5.91 Å². The van der Waals surface area contributed by atoms with Crippen LogP contribution in [0.1, 0.15) is 0 Å². The molecule has 1 amide bonds. The number of hydrogen-bond donors (Lipinski definition) is 0. The standard InChI is InChI=1S/C16H16F2N4O2/c17-13-3-2-12(10-14(13)18)24-11-15(23)21-6-8-22(9-7-21)16-19-4-1-5-20-16/h1-5,10H,6-9,11H2. The molecule has 0 N–H and O–H groups in total. The van der Waals surface area contributed by atoms with E-state index in [4.69, 9.17) is 4.74 Å². The average molecular weight is 334 g/mol.